The Morgan fingerprint density at radius 3 is 2.70 bits per heavy atom. The number of benzene rings is 1. The lowest BCUT2D eigenvalue weighted by Gasteiger charge is -2.41. The lowest BCUT2D eigenvalue weighted by molar-refractivity contribution is -0.115. The molecule has 1 aromatic carbocycles. The topological polar surface area (TPSA) is 130 Å². The van der Waals surface area contributed by atoms with E-state index < -0.39 is 18.1 Å². The Morgan fingerprint density at radius 1 is 1.40 bits per heavy atom. The van der Waals surface area contributed by atoms with Crippen LogP contribution in [-0.4, -0.2) is 30.9 Å². The van der Waals surface area contributed by atoms with E-state index in [4.69, 9.17) is 15.2 Å². The van der Waals surface area contributed by atoms with Gasteiger partial charge in [-0.05, 0) is 38.5 Å². The summed E-state index contributed by atoms with van der Waals surface area (Å²) in [6, 6.07) is 7.05. The van der Waals surface area contributed by atoms with Gasteiger partial charge in [-0.25, -0.2) is 5.01 Å². The summed E-state index contributed by atoms with van der Waals surface area (Å²) in [7, 11) is 1.49. The molecule has 1 amide bonds. The average Bonchev–Trinajstić information content (AvgIpc) is 2.74. The van der Waals surface area contributed by atoms with Crippen LogP contribution in [0, 0.1) is 16.2 Å². The van der Waals surface area contributed by atoms with E-state index >= 15 is 0 Å². The first-order chi connectivity index (χ1) is 14.4. The predicted octanol–water partition coefficient (Wildman–Crippen LogP) is 2.53. The van der Waals surface area contributed by atoms with Gasteiger partial charge in [-0.2, -0.15) is 5.26 Å². The van der Waals surface area contributed by atoms with Crippen LogP contribution in [0.4, 0.5) is 0 Å². The van der Waals surface area contributed by atoms with Crippen molar-refractivity contribution >= 4 is 5.91 Å². The molecular formula is C21H23N5O4. The number of ether oxygens (including phenoxy) is 2. The minimum atomic E-state index is -0.688. The highest BCUT2D eigenvalue weighted by Crippen LogP contribution is 2.48. The summed E-state index contributed by atoms with van der Waals surface area (Å²) in [5, 5.41) is 16.8. The summed E-state index contributed by atoms with van der Waals surface area (Å²) in [5.41, 5.74) is 9.26. The number of dihydropyridines is 1. The number of primary amides is 1. The van der Waals surface area contributed by atoms with E-state index in [1.807, 2.05) is 13.8 Å². The highest BCUT2D eigenvalue weighted by atomic mass is 16.5. The van der Waals surface area contributed by atoms with Crippen molar-refractivity contribution in [1.82, 2.24) is 10.3 Å². The zero-order chi connectivity index (χ0) is 22.0. The van der Waals surface area contributed by atoms with Gasteiger partial charge in [0.05, 0.1) is 35.4 Å². The third kappa shape index (κ3) is 3.31. The van der Waals surface area contributed by atoms with Gasteiger partial charge < -0.3 is 20.5 Å². The molecule has 156 valence electrons. The van der Waals surface area contributed by atoms with Crippen LogP contribution in [0.2, 0.25) is 0 Å². The molecule has 0 saturated carbocycles. The van der Waals surface area contributed by atoms with Crippen LogP contribution in [0.25, 0.3) is 0 Å². The molecule has 3 rings (SSSR count). The zero-order valence-corrected chi connectivity index (χ0v) is 17.2. The first-order valence-corrected chi connectivity index (χ1v) is 9.40. The molecular weight excluding hydrogens is 386 g/mol. The fourth-order valence-electron chi connectivity index (χ4n) is 4.00. The maximum Gasteiger partial charge on any atom is 0.247 e. The van der Waals surface area contributed by atoms with E-state index in [1.165, 1.54) is 12.1 Å². The molecule has 3 N–H and O–H groups in total. The van der Waals surface area contributed by atoms with Gasteiger partial charge in [0.25, 0.3) is 0 Å². The number of amides is 1. The summed E-state index contributed by atoms with van der Waals surface area (Å²) in [6.07, 6.45) is 1.12. The van der Waals surface area contributed by atoms with Crippen LogP contribution in [0.1, 0.15) is 37.8 Å². The molecule has 9 nitrogen and oxygen atoms in total. The molecule has 2 aliphatic heterocycles. The van der Waals surface area contributed by atoms with Crippen LogP contribution >= 0.6 is 0 Å². The Morgan fingerprint density at radius 2 is 2.13 bits per heavy atom. The van der Waals surface area contributed by atoms with Crippen molar-refractivity contribution in [1.29, 1.82) is 5.26 Å². The van der Waals surface area contributed by atoms with Crippen LogP contribution in [0.3, 0.4) is 0 Å². The Bertz CT molecular complexity index is 1030. The van der Waals surface area contributed by atoms with E-state index in [2.05, 4.69) is 16.7 Å². The minimum absolute atomic E-state index is 0.206. The predicted molar refractivity (Wildman–Crippen MR) is 109 cm³/mol. The van der Waals surface area contributed by atoms with Gasteiger partial charge >= 0.3 is 0 Å². The van der Waals surface area contributed by atoms with E-state index in [1.54, 1.807) is 31.3 Å². The third-order valence-corrected chi connectivity index (χ3v) is 5.25. The maximum atomic E-state index is 12.6. The highest BCUT2D eigenvalue weighted by molar-refractivity contribution is 5.96. The summed E-state index contributed by atoms with van der Waals surface area (Å²) < 4.78 is 11.4. The average molecular weight is 409 g/mol. The molecule has 0 aliphatic carbocycles. The smallest absolute Gasteiger partial charge is 0.247 e. The van der Waals surface area contributed by atoms with E-state index in [-0.39, 0.29) is 5.57 Å². The van der Waals surface area contributed by atoms with Gasteiger partial charge in [-0.1, -0.05) is 6.07 Å². The lowest BCUT2D eigenvalue weighted by atomic mass is 9.76. The Balaban J connectivity index is 2.37. The Hall–Kier alpha value is -3.64. The van der Waals surface area contributed by atoms with Crippen molar-refractivity contribution in [3.63, 3.8) is 0 Å². The van der Waals surface area contributed by atoms with Crippen LogP contribution in [-0.2, 0) is 9.53 Å². The zero-order valence-electron chi connectivity index (χ0n) is 17.2. The molecule has 0 radical (unpaired) electrons. The van der Waals surface area contributed by atoms with E-state index in [0.717, 1.165) is 5.57 Å². The second-order valence-corrected chi connectivity index (χ2v) is 6.89. The van der Waals surface area contributed by atoms with Crippen LogP contribution in [0.5, 0.6) is 5.75 Å². The van der Waals surface area contributed by atoms with Crippen molar-refractivity contribution in [2.75, 3.05) is 13.7 Å². The van der Waals surface area contributed by atoms with Crippen molar-refractivity contribution in [3.8, 4) is 11.8 Å². The largest absolute Gasteiger partial charge is 0.496 e. The normalized spacial score (nSPS) is 20.8. The number of nitroso groups, excluding NO2 is 1. The van der Waals surface area contributed by atoms with Crippen molar-refractivity contribution in [2.45, 2.75) is 32.9 Å². The van der Waals surface area contributed by atoms with Gasteiger partial charge in [0.2, 0.25) is 5.91 Å². The second kappa shape index (κ2) is 8.39. The number of rotatable bonds is 6. The molecule has 1 aromatic rings. The summed E-state index contributed by atoms with van der Waals surface area (Å²) in [4.78, 5) is 24.3. The van der Waals surface area contributed by atoms with Crippen molar-refractivity contribution in [2.24, 2.45) is 11.0 Å². The van der Waals surface area contributed by atoms with Crippen LogP contribution in [0.15, 0.2) is 57.8 Å². The number of nitrogens with one attached hydrogen (secondary N) is 1. The molecule has 2 heterocycles. The number of hydrogen-bond acceptors (Lipinski definition) is 7. The van der Waals surface area contributed by atoms with Crippen LogP contribution < -0.4 is 15.8 Å². The number of hydrogen-bond donors (Lipinski definition) is 2. The molecule has 0 saturated heterocycles. The molecule has 0 spiro atoms. The fraction of sp³-hybridized carbons (Fsp3) is 0.333. The second-order valence-electron chi connectivity index (χ2n) is 6.89. The summed E-state index contributed by atoms with van der Waals surface area (Å²) in [6.45, 7) is 5.69. The number of carbonyl (C=O) groups excluding carboxylic acids is 1. The van der Waals surface area contributed by atoms with E-state index in [9.17, 15) is 15.0 Å². The number of allylic oxidation sites excluding steroid dienone is 2. The molecule has 2 atom stereocenters. The molecule has 1 unspecified atom stereocenters. The standard InChI is InChI=1S/C21H23N5O4/c1-5-30-21-18-17(14-7-6-13(9-22)8-15(14)29-4)16(20(23)27)12(3)26(25-28)19(18)11(2)10-24-21/h6-8,10,17,21,24H,5H2,1-4H3,(H2,23,27)/t17-,21?/m0/s1. The summed E-state index contributed by atoms with van der Waals surface area (Å²) in [5.74, 6) is -0.926. The molecule has 0 fully saturated rings. The number of methoxy groups -OCH3 is 1. The Kier molecular flexibility index (Phi) is 5.89. The van der Waals surface area contributed by atoms with Gasteiger partial charge in [0.15, 0.2) is 6.23 Å². The molecule has 0 aromatic heterocycles. The molecule has 2 aliphatic rings. The van der Waals surface area contributed by atoms with E-state index in [0.29, 0.717) is 40.5 Å². The first kappa shape index (κ1) is 21.1. The number of nitrogens with zero attached hydrogens (tertiary/aromatic N) is 3. The van der Waals surface area contributed by atoms with Gasteiger partial charge in [-0.3, -0.25) is 4.79 Å². The molecule has 30 heavy (non-hydrogen) atoms. The quantitative estimate of drug-likeness (QED) is 0.690. The van der Waals surface area contributed by atoms with Crippen molar-refractivity contribution < 1.29 is 14.3 Å². The van der Waals surface area contributed by atoms with Crippen molar-refractivity contribution in [3.05, 3.63) is 68.5 Å². The monoisotopic (exact) mass is 409 g/mol. The lowest BCUT2D eigenvalue weighted by Crippen LogP contribution is -2.43. The first-order valence-electron chi connectivity index (χ1n) is 9.40. The number of carbonyl (C=O) groups is 1. The fourth-order valence-corrected chi connectivity index (χ4v) is 4.00. The SMILES string of the molecule is CCOC1NC=C(C)C2=C1[C@@H](c1ccc(C#N)cc1OC)C(C(N)=O)=C(C)N2N=O. The highest BCUT2D eigenvalue weighted by Gasteiger charge is 2.43. The van der Waals surface area contributed by atoms with Gasteiger partial charge in [0, 0.05) is 35.4 Å². The maximum absolute atomic E-state index is 12.6. The third-order valence-electron chi connectivity index (χ3n) is 5.25. The summed E-state index contributed by atoms with van der Waals surface area (Å²) >= 11 is 0. The van der Waals surface area contributed by atoms with Gasteiger partial charge in [-0.15, -0.1) is 4.91 Å². The number of nitriles is 1. The van der Waals surface area contributed by atoms with Gasteiger partial charge in [0.1, 0.15) is 5.75 Å². The Labute approximate surface area is 174 Å². The minimum Gasteiger partial charge on any atom is -0.496 e. The number of nitrogens with two attached hydrogens (primary N) is 1. The molecule has 9 heteroatoms. The molecule has 0 bridgehead atoms.